The lowest BCUT2D eigenvalue weighted by Gasteiger charge is -2.28. The lowest BCUT2D eigenvalue weighted by molar-refractivity contribution is -0.384. The first-order valence-corrected chi connectivity index (χ1v) is 7.31. The minimum atomic E-state index is -0.467. The van der Waals surface area contributed by atoms with Crippen LogP contribution in [-0.2, 0) is 4.79 Å². The van der Waals surface area contributed by atoms with Crippen molar-refractivity contribution in [1.82, 2.24) is 0 Å². The number of carbonyl (C=O) groups excluding carboxylic acids is 1. The van der Waals surface area contributed by atoms with E-state index in [1.165, 1.54) is 17.0 Å². The predicted octanol–water partition coefficient (Wildman–Crippen LogP) is 3.12. The van der Waals surface area contributed by atoms with Crippen molar-refractivity contribution in [3.63, 3.8) is 0 Å². The van der Waals surface area contributed by atoms with E-state index in [0.29, 0.717) is 18.7 Å². The summed E-state index contributed by atoms with van der Waals surface area (Å²) in [5.41, 5.74) is 1.34. The van der Waals surface area contributed by atoms with Crippen LogP contribution in [0.4, 0.5) is 11.4 Å². The molecule has 0 spiro atoms. The Labute approximate surface area is 133 Å². The number of benzene rings is 2. The van der Waals surface area contributed by atoms with Gasteiger partial charge >= 0.3 is 0 Å². The van der Waals surface area contributed by atoms with Crippen LogP contribution in [0.2, 0.25) is 0 Å². The molecule has 0 aliphatic carbocycles. The molecule has 1 amide bonds. The van der Waals surface area contributed by atoms with Crippen LogP contribution in [0.1, 0.15) is 17.9 Å². The number of para-hydroxylation sites is 1. The number of nitro benzene ring substituents is 1. The van der Waals surface area contributed by atoms with Gasteiger partial charge in [0.15, 0.2) is 0 Å². The Balaban J connectivity index is 1.89. The van der Waals surface area contributed by atoms with E-state index in [9.17, 15) is 14.9 Å². The molecule has 23 heavy (non-hydrogen) atoms. The van der Waals surface area contributed by atoms with E-state index < -0.39 is 4.92 Å². The first kappa shape index (κ1) is 15.0. The largest absolute Gasteiger partial charge is 0.493 e. The van der Waals surface area contributed by atoms with E-state index in [0.717, 1.165) is 11.3 Å². The van der Waals surface area contributed by atoms with Gasteiger partial charge in [0.1, 0.15) is 5.75 Å². The van der Waals surface area contributed by atoms with E-state index in [1.54, 1.807) is 19.2 Å². The summed E-state index contributed by atoms with van der Waals surface area (Å²) < 4.78 is 5.58. The second-order valence-corrected chi connectivity index (χ2v) is 5.40. The van der Waals surface area contributed by atoms with Gasteiger partial charge in [-0.1, -0.05) is 24.3 Å². The van der Waals surface area contributed by atoms with Gasteiger partial charge in [-0.3, -0.25) is 14.9 Å². The molecule has 0 radical (unpaired) electrons. The fraction of sp³-hybridized carbons (Fsp3) is 0.235. The highest BCUT2D eigenvalue weighted by molar-refractivity contribution is 5.98. The van der Waals surface area contributed by atoms with E-state index in [1.807, 2.05) is 24.3 Å². The summed E-state index contributed by atoms with van der Waals surface area (Å²) in [5.74, 6) is 0.329. The van der Waals surface area contributed by atoms with Crippen molar-refractivity contribution in [2.45, 2.75) is 12.3 Å². The van der Waals surface area contributed by atoms with Crippen LogP contribution in [0.3, 0.4) is 0 Å². The van der Waals surface area contributed by atoms with Gasteiger partial charge in [0.25, 0.3) is 5.69 Å². The van der Waals surface area contributed by atoms with Crippen LogP contribution in [-0.4, -0.2) is 24.5 Å². The molecule has 0 aromatic heterocycles. The fourth-order valence-corrected chi connectivity index (χ4v) is 2.77. The van der Waals surface area contributed by atoms with Crippen LogP contribution in [0.25, 0.3) is 0 Å². The zero-order valence-corrected chi connectivity index (χ0v) is 12.6. The summed E-state index contributed by atoms with van der Waals surface area (Å²) in [5, 5.41) is 10.9. The molecule has 3 rings (SSSR count). The SMILES string of the molecule is CN(C(=O)[C@@H]1CCOc2ccccc21)c1cccc([N+](=O)[O-])c1. The Hall–Kier alpha value is -2.89. The molecule has 6 heteroatoms. The third-order valence-corrected chi connectivity index (χ3v) is 4.02. The molecule has 0 saturated heterocycles. The molecule has 1 aliphatic heterocycles. The number of amides is 1. The standard InChI is InChI=1S/C17H16N2O4/c1-18(12-5-4-6-13(11-12)19(21)22)17(20)15-9-10-23-16-8-3-2-7-14(15)16/h2-8,11,15H,9-10H2,1H3/t15-/m1/s1. The van der Waals surface area contributed by atoms with Crippen molar-refractivity contribution < 1.29 is 14.5 Å². The molecule has 0 unspecified atom stereocenters. The van der Waals surface area contributed by atoms with Crippen LogP contribution in [0.15, 0.2) is 48.5 Å². The number of ether oxygens (including phenoxy) is 1. The zero-order valence-electron chi connectivity index (χ0n) is 12.6. The number of nitrogens with zero attached hydrogens (tertiary/aromatic N) is 2. The van der Waals surface area contributed by atoms with Crippen LogP contribution in [0.5, 0.6) is 5.75 Å². The lowest BCUT2D eigenvalue weighted by Crippen LogP contribution is -2.34. The molecule has 6 nitrogen and oxygen atoms in total. The Bertz CT molecular complexity index is 760. The van der Waals surface area contributed by atoms with Crippen molar-refractivity contribution in [1.29, 1.82) is 0 Å². The van der Waals surface area contributed by atoms with Crippen molar-refractivity contribution in [3.8, 4) is 5.75 Å². The maximum Gasteiger partial charge on any atom is 0.271 e. The number of non-ortho nitro benzene ring substituents is 1. The summed E-state index contributed by atoms with van der Waals surface area (Å²) >= 11 is 0. The Morgan fingerprint density at radius 3 is 2.83 bits per heavy atom. The van der Waals surface area contributed by atoms with Gasteiger partial charge in [0, 0.05) is 24.7 Å². The maximum absolute atomic E-state index is 12.8. The molecule has 1 heterocycles. The molecule has 118 valence electrons. The van der Waals surface area contributed by atoms with Crippen molar-refractivity contribution in [3.05, 3.63) is 64.2 Å². The fourth-order valence-electron chi connectivity index (χ4n) is 2.77. The number of hydrogen-bond donors (Lipinski definition) is 0. The van der Waals surface area contributed by atoms with Gasteiger partial charge in [-0.25, -0.2) is 0 Å². The molecule has 1 atom stereocenters. The van der Waals surface area contributed by atoms with Gasteiger partial charge in [-0.05, 0) is 18.6 Å². The van der Waals surface area contributed by atoms with Crippen LogP contribution >= 0.6 is 0 Å². The van der Waals surface area contributed by atoms with Gasteiger partial charge in [-0.2, -0.15) is 0 Å². The molecular weight excluding hydrogens is 296 g/mol. The minimum absolute atomic E-state index is 0.0328. The van der Waals surface area contributed by atoms with Crippen LogP contribution < -0.4 is 9.64 Å². The Morgan fingerprint density at radius 2 is 2.04 bits per heavy atom. The van der Waals surface area contributed by atoms with E-state index in [2.05, 4.69) is 0 Å². The van der Waals surface area contributed by atoms with E-state index in [4.69, 9.17) is 4.74 Å². The first-order chi connectivity index (χ1) is 11.1. The number of hydrogen-bond acceptors (Lipinski definition) is 4. The Morgan fingerprint density at radius 1 is 1.26 bits per heavy atom. The lowest BCUT2D eigenvalue weighted by atomic mass is 9.92. The molecule has 1 aliphatic rings. The quantitative estimate of drug-likeness (QED) is 0.645. The molecule has 0 N–H and O–H groups in total. The average Bonchev–Trinajstić information content (AvgIpc) is 2.60. The normalized spacial score (nSPS) is 16.1. The highest BCUT2D eigenvalue weighted by Crippen LogP contribution is 2.35. The summed E-state index contributed by atoms with van der Waals surface area (Å²) in [6.07, 6.45) is 0.592. The zero-order chi connectivity index (χ0) is 16.4. The average molecular weight is 312 g/mol. The molecule has 2 aromatic carbocycles. The number of rotatable bonds is 3. The highest BCUT2D eigenvalue weighted by Gasteiger charge is 2.30. The number of carbonyl (C=O) groups is 1. The summed E-state index contributed by atoms with van der Waals surface area (Å²) in [4.78, 5) is 24.7. The summed E-state index contributed by atoms with van der Waals surface area (Å²) in [6, 6.07) is 13.6. The first-order valence-electron chi connectivity index (χ1n) is 7.31. The van der Waals surface area contributed by atoms with E-state index in [-0.39, 0.29) is 17.5 Å². The second-order valence-electron chi connectivity index (χ2n) is 5.40. The van der Waals surface area contributed by atoms with Gasteiger partial charge < -0.3 is 9.64 Å². The second kappa shape index (κ2) is 6.08. The number of fused-ring (bicyclic) bond motifs is 1. The van der Waals surface area contributed by atoms with Crippen molar-refractivity contribution in [2.75, 3.05) is 18.6 Å². The van der Waals surface area contributed by atoms with Gasteiger partial charge in [0.2, 0.25) is 5.91 Å². The molecule has 0 fully saturated rings. The predicted molar refractivity (Wildman–Crippen MR) is 85.8 cm³/mol. The van der Waals surface area contributed by atoms with E-state index >= 15 is 0 Å². The third-order valence-electron chi connectivity index (χ3n) is 4.02. The summed E-state index contributed by atoms with van der Waals surface area (Å²) in [6.45, 7) is 0.482. The minimum Gasteiger partial charge on any atom is -0.493 e. The molecule has 0 bridgehead atoms. The smallest absolute Gasteiger partial charge is 0.271 e. The van der Waals surface area contributed by atoms with Crippen LogP contribution in [0, 0.1) is 10.1 Å². The topological polar surface area (TPSA) is 72.7 Å². The van der Waals surface area contributed by atoms with Crippen molar-refractivity contribution >= 4 is 17.3 Å². The summed E-state index contributed by atoms with van der Waals surface area (Å²) in [7, 11) is 1.64. The Kier molecular flexibility index (Phi) is 3.97. The molecule has 2 aromatic rings. The maximum atomic E-state index is 12.8. The highest BCUT2D eigenvalue weighted by atomic mass is 16.6. The molecular formula is C17H16N2O4. The van der Waals surface area contributed by atoms with Gasteiger partial charge in [-0.15, -0.1) is 0 Å². The van der Waals surface area contributed by atoms with Crippen molar-refractivity contribution in [2.24, 2.45) is 0 Å². The number of nitro groups is 1. The number of anilines is 1. The van der Waals surface area contributed by atoms with Gasteiger partial charge in [0.05, 0.1) is 23.1 Å². The third kappa shape index (κ3) is 2.88. The number of likely N-dealkylation sites (N-methyl/N-ethyl adjacent to an activating group) is 1. The molecule has 0 saturated carbocycles. The monoisotopic (exact) mass is 312 g/mol.